The molecule has 36 heavy (non-hydrogen) atoms. The summed E-state index contributed by atoms with van der Waals surface area (Å²) in [6, 6.07) is 10.2. The van der Waals surface area contributed by atoms with Crippen LogP contribution in [-0.4, -0.2) is 45.7 Å². The third-order valence-electron chi connectivity index (χ3n) is 6.74. The third-order valence-corrected chi connectivity index (χ3v) is 7.55. The highest BCUT2D eigenvalue weighted by Crippen LogP contribution is 2.30. The molecule has 2 aliphatic heterocycles. The van der Waals surface area contributed by atoms with E-state index in [4.69, 9.17) is 0 Å². The Kier molecular flexibility index (Phi) is 6.97. The summed E-state index contributed by atoms with van der Waals surface area (Å²) in [4.78, 5) is 39.5. The molecule has 2 saturated heterocycles. The zero-order chi connectivity index (χ0) is 25.2. The van der Waals surface area contributed by atoms with E-state index in [1.165, 1.54) is 12.1 Å². The lowest BCUT2D eigenvalue weighted by Crippen LogP contribution is -2.48. The van der Waals surface area contributed by atoms with E-state index >= 15 is 0 Å². The van der Waals surface area contributed by atoms with Gasteiger partial charge in [0.05, 0.1) is 21.8 Å². The van der Waals surface area contributed by atoms with Gasteiger partial charge in [-0.3, -0.25) is 19.9 Å². The number of amides is 2. The number of rotatable bonds is 6. The van der Waals surface area contributed by atoms with Gasteiger partial charge in [0, 0.05) is 31.2 Å². The van der Waals surface area contributed by atoms with Crippen LogP contribution in [0.1, 0.15) is 25.2 Å². The van der Waals surface area contributed by atoms with Gasteiger partial charge in [-0.1, -0.05) is 19.9 Å². The number of piperidine rings is 1. The number of anilines is 1. The standard InChI is InChI=1S/C26H27FN6O2S/c1-15-13-33(25-29-8-7-19(31-25)10-23-24(34)32-26(35)36-23)14-16(2)21(15)12-28-11-20-5-3-17-9-18(27)4-6-22(17)30-20/h3-10,15-16,21,28H,11-14H2,1-2H3,(H,32,34,35)/b23-10-/t15-,16+,21?. The van der Waals surface area contributed by atoms with Crippen molar-refractivity contribution < 1.29 is 14.0 Å². The van der Waals surface area contributed by atoms with Crippen LogP contribution in [0.5, 0.6) is 0 Å². The Labute approximate surface area is 212 Å². The number of carbonyl (C=O) groups excluding carboxylic acids is 2. The van der Waals surface area contributed by atoms with Gasteiger partial charge in [-0.05, 0) is 72.5 Å². The van der Waals surface area contributed by atoms with Crippen molar-refractivity contribution in [3.05, 3.63) is 64.7 Å². The number of nitrogens with zero attached hydrogens (tertiary/aromatic N) is 4. The third kappa shape index (κ3) is 5.39. The summed E-state index contributed by atoms with van der Waals surface area (Å²) < 4.78 is 13.4. The average molecular weight is 507 g/mol. The average Bonchev–Trinajstić information content (AvgIpc) is 3.17. The molecule has 2 amide bonds. The first-order valence-corrected chi connectivity index (χ1v) is 12.8. The molecule has 186 valence electrons. The fraction of sp³-hybridized carbons (Fsp3) is 0.346. The fourth-order valence-corrected chi connectivity index (χ4v) is 5.59. The smallest absolute Gasteiger partial charge is 0.290 e. The lowest BCUT2D eigenvalue weighted by Gasteiger charge is -2.41. The number of imide groups is 1. The maximum atomic E-state index is 13.4. The van der Waals surface area contributed by atoms with Crippen LogP contribution < -0.4 is 15.5 Å². The summed E-state index contributed by atoms with van der Waals surface area (Å²) in [6.07, 6.45) is 3.30. The number of fused-ring (bicyclic) bond motifs is 1. The van der Waals surface area contributed by atoms with E-state index in [2.05, 4.69) is 44.3 Å². The van der Waals surface area contributed by atoms with E-state index in [0.29, 0.717) is 40.8 Å². The van der Waals surface area contributed by atoms with Crippen molar-refractivity contribution in [2.24, 2.45) is 17.8 Å². The summed E-state index contributed by atoms with van der Waals surface area (Å²) in [5.41, 5.74) is 2.33. The Morgan fingerprint density at radius 1 is 1.14 bits per heavy atom. The quantitative estimate of drug-likeness (QED) is 0.484. The Morgan fingerprint density at radius 3 is 2.69 bits per heavy atom. The van der Waals surface area contributed by atoms with Gasteiger partial charge >= 0.3 is 0 Å². The van der Waals surface area contributed by atoms with Crippen LogP contribution in [0.3, 0.4) is 0 Å². The molecule has 2 fully saturated rings. The van der Waals surface area contributed by atoms with Crippen LogP contribution in [0.25, 0.3) is 17.0 Å². The SMILES string of the molecule is C[C@@H]1CN(c2nccc(/C=C3\SC(=O)NC3=O)n2)C[C@H](C)C1CNCc1ccc2cc(F)ccc2n1. The van der Waals surface area contributed by atoms with Gasteiger partial charge < -0.3 is 10.2 Å². The second kappa shape index (κ2) is 10.3. The molecule has 3 atom stereocenters. The van der Waals surface area contributed by atoms with Gasteiger partial charge in [0.15, 0.2) is 0 Å². The van der Waals surface area contributed by atoms with E-state index in [-0.39, 0.29) is 11.1 Å². The van der Waals surface area contributed by atoms with Crippen molar-refractivity contribution in [1.29, 1.82) is 0 Å². The molecule has 3 aromatic rings. The van der Waals surface area contributed by atoms with Crippen LogP contribution in [-0.2, 0) is 11.3 Å². The molecule has 1 aromatic carbocycles. The zero-order valence-electron chi connectivity index (χ0n) is 20.1. The molecule has 0 aliphatic carbocycles. The molecular weight excluding hydrogens is 479 g/mol. The highest BCUT2D eigenvalue weighted by atomic mass is 32.2. The maximum absolute atomic E-state index is 13.4. The Bertz CT molecular complexity index is 1340. The lowest BCUT2D eigenvalue weighted by molar-refractivity contribution is -0.115. The molecule has 0 radical (unpaired) electrons. The number of aromatic nitrogens is 3. The van der Waals surface area contributed by atoms with Crippen LogP contribution >= 0.6 is 11.8 Å². The molecule has 0 bridgehead atoms. The molecular formula is C26H27FN6O2S. The normalized spacial score (nSPS) is 23.5. The van der Waals surface area contributed by atoms with Crippen molar-refractivity contribution in [2.75, 3.05) is 24.5 Å². The number of hydrogen-bond acceptors (Lipinski definition) is 8. The summed E-state index contributed by atoms with van der Waals surface area (Å²) in [6.45, 7) is 7.66. The van der Waals surface area contributed by atoms with E-state index in [1.807, 2.05) is 12.1 Å². The van der Waals surface area contributed by atoms with Gasteiger partial charge in [-0.25, -0.2) is 14.4 Å². The largest absolute Gasteiger partial charge is 0.340 e. The molecule has 10 heteroatoms. The first kappa shape index (κ1) is 24.3. The fourth-order valence-electron chi connectivity index (χ4n) is 4.92. The van der Waals surface area contributed by atoms with Crippen molar-refractivity contribution in [3.63, 3.8) is 0 Å². The van der Waals surface area contributed by atoms with Crippen molar-refractivity contribution in [3.8, 4) is 0 Å². The summed E-state index contributed by atoms with van der Waals surface area (Å²) in [5.74, 6) is 1.27. The maximum Gasteiger partial charge on any atom is 0.290 e. The first-order valence-electron chi connectivity index (χ1n) is 11.9. The Morgan fingerprint density at radius 2 is 1.94 bits per heavy atom. The van der Waals surface area contributed by atoms with Gasteiger partial charge in [0.1, 0.15) is 5.82 Å². The van der Waals surface area contributed by atoms with Crippen LogP contribution in [0.4, 0.5) is 15.1 Å². The molecule has 2 aliphatic rings. The molecule has 2 aromatic heterocycles. The molecule has 1 unspecified atom stereocenters. The lowest BCUT2D eigenvalue weighted by atomic mass is 9.79. The van der Waals surface area contributed by atoms with Crippen molar-refractivity contribution >= 4 is 45.8 Å². The Balaban J connectivity index is 1.19. The predicted molar refractivity (Wildman–Crippen MR) is 139 cm³/mol. The number of pyridine rings is 1. The van der Waals surface area contributed by atoms with Crippen molar-refractivity contribution in [2.45, 2.75) is 20.4 Å². The molecule has 8 nitrogen and oxygen atoms in total. The van der Waals surface area contributed by atoms with E-state index in [1.54, 1.807) is 24.4 Å². The van der Waals surface area contributed by atoms with Crippen LogP contribution in [0.2, 0.25) is 0 Å². The molecule has 0 spiro atoms. The number of halogens is 1. The monoisotopic (exact) mass is 506 g/mol. The number of benzene rings is 1. The molecule has 2 N–H and O–H groups in total. The second-order valence-corrected chi connectivity index (χ2v) is 10.4. The number of carbonyl (C=O) groups is 2. The summed E-state index contributed by atoms with van der Waals surface area (Å²) >= 11 is 0.879. The van der Waals surface area contributed by atoms with Gasteiger partial charge in [-0.15, -0.1) is 0 Å². The first-order chi connectivity index (χ1) is 17.4. The second-order valence-electron chi connectivity index (χ2n) is 9.43. The van der Waals surface area contributed by atoms with E-state index in [0.717, 1.165) is 48.0 Å². The van der Waals surface area contributed by atoms with Gasteiger partial charge in [0.25, 0.3) is 11.1 Å². The van der Waals surface area contributed by atoms with E-state index in [9.17, 15) is 14.0 Å². The van der Waals surface area contributed by atoms with Crippen LogP contribution in [0.15, 0.2) is 47.5 Å². The topological polar surface area (TPSA) is 100 Å². The highest BCUT2D eigenvalue weighted by molar-refractivity contribution is 8.18. The van der Waals surface area contributed by atoms with Gasteiger partial charge in [-0.2, -0.15) is 0 Å². The van der Waals surface area contributed by atoms with Crippen molar-refractivity contribution in [1.82, 2.24) is 25.6 Å². The Hall–Kier alpha value is -3.37. The summed E-state index contributed by atoms with van der Waals surface area (Å²) in [7, 11) is 0. The number of nitrogens with one attached hydrogen (secondary N) is 2. The molecule has 0 saturated carbocycles. The number of thioether (sulfide) groups is 1. The predicted octanol–water partition coefficient (Wildman–Crippen LogP) is 3.99. The molecule has 4 heterocycles. The summed E-state index contributed by atoms with van der Waals surface area (Å²) in [5, 5.41) is 6.25. The van der Waals surface area contributed by atoms with Gasteiger partial charge in [0.2, 0.25) is 5.95 Å². The minimum absolute atomic E-state index is 0.254. The van der Waals surface area contributed by atoms with E-state index < -0.39 is 5.91 Å². The minimum atomic E-state index is -0.395. The molecule has 5 rings (SSSR count). The van der Waals surface area contributed by atoms with Crippen LogP contribution in [0, 0.1) is 23.6 Å². The minimum Gasteiger partial charge on any atom is -0.340 e. The number of hydrogen-bond donors (Lipinski definition) is 2. The highest BCUT2D eigenvalue weighted by Gasteiger charge is 2.33. The zero-order valence-corrected chi connectivity index (χ0v) is 20.9.